The number of ether oxygens (including phenoxy) is 2. The molecule has 1 aliphatic heterocycles. The molecule has 1 fully saturated rings. The maximum absolute atomic E-state index is 12.9. The smallest absolute Gasteiger partial charge is 0.326 e. The highest BCUT2D eigenvalue weighted by Gasteiger charge is 2.27. The van der Waals surface area contributed by atoms with Crippen LogP contribution in [0.5, 0.6) is 5.75 Å². The molecule has 2 heterocycles. The van der Waals surface area contributed by atoms with Crippen LogP contribution in [-0.4, -0.2) is 35.0 Å². The number of rotatable bonds is 6. The van der Waals surface area contributed by atoms with Crippen LogP contribution in [0.1, 0.15) is 37.8 Å². The first kappa shape index (κ1) is 20.0. The molecule has 1 saturated carbocycles. The van der Waals surface area contributed by atoms with E-state index in [1.54, 1.807) is 0 Å². The van der Waals surface area contributed by atoms with Crippen LogP contribution >= 0.6 is 11.6 Å². The normalized spacial score (nSPS) is 19.3. The number of carbonyl (C=O) groups is 1. The lowest BCUT2D eigenvalue weighted by Gasteiger charge is -2.24. The Morgan fingerprint density at radius 1 is 1.34 bits per heavy atom. The molecule has 0 spiro atoms. The maximum Gasteiger partial charge on any atom is 0.326 e. The number of pyridine rings is 1. The van der Waals surface area contributed by atoms with Crippen molar-refractivity contribution in [2.45, 2.75) is 44.8 Å². The number of fused-ring (bicyclic) bond motifs is 3. The average Bonchev–Trinajstić information content (AvgIpc) is 3.49. The number of carboxylic acids is 1. The van der Waals surface area contributed by atoms with Gasteiger partial charge in [0.15, 0.2) is 0 Å². The molecule has 1 aromatic carbocycles. The molecule has 0 saturated heterocycles. The summed E-state index contributed by atoms with van der Waals surface area (Å²) in [6, 6.07) is 6.11. The SMILES string of the molecule is C[C@H]1COc2cn(C(CCOC3CC3)C(=O)O)c(=O)cc2-c2cc(Cl)ccc2C1. The molecule has 1 aliphatic carbocycles. The quantitative estimate of drug-likeness (QED) is 0.770. The summed E-state index contributed by atoms with van der Waals surface area (Å²) in [5.74, 6) is -0.297. The number of nitrogens with zero attached hydrogens (tertiary/aromatic N) is 1. The van der Waals surface area contributed by atoms with Crippen molar-refractivity contribution in [1.29, 1.82) is 0 Å². The van der Waals surface area contributed by atoms with Gasteiger partial charge in [0, 0.05) is 29.7 Å². The second-order valence-electron chi connectivity index (χ2n) is 7.93. The molecule has 0 bridgehead atoms. The maximum atomic E-state index is 12.9. The number of benzene rings is 1. The van der Waals surface area contributed by atoms with Gasteiger partial charge in [0.1, 0.15) is 11.8 Å². The first-order valence-corrected chi connectivity index (χ1v) is 10.3. The molecule has 0 radical (unpaired) electrons. The van der Waals surface area contributed by atoms with Crippen LogP contribution in [0.2, 0.25) is 5.02 Å². The molecule has 4 rings (SSSR count). The number of carboxylic acid groups (broad SMARTS) is 1. The minimum atomic E-state index is -1.06. The fourth-order valence-electron chi connectivity index (χ4n) is 3.70. The van der Waals surface area contributed by atoms with E-state index in [0.29, 0.717) is 29.5 Å². The molecule has 2 atom stereocenters. The number of hydrogen-bond acceptors (Lipinski definition) is 4. The molecule has 7 heteroatoms. The van der Waals surface area contributed by atoms with Crippen molar-refractivity contribution in [3.05, 3.63) is 51.4 Å². The Kier molecular flexibility index (Phi) is 5.65. The van der Waals surface area contributed by atoms with Crippen LogP contribution in [0.25, 0.3) is 11.1 Å². The predicted octanol–water partition coefficient (Wildman–Crippen LogP) is 3.93. The first-order chi connectivity index (χ1) is 13.9. The van der Waals surface area contributed by atoms with Gasteiger partial charge in [-0.1, -0.05) is 24.6 Å². The average molecular weight is 418 g/mol. The third-order valence-corrected chi connectivity index (χ3v) is 5.62. The lowest BCUT2D eigenvalue weighted by Crippen LogP contribution is -2.31. The van der Waals surface area contributed by atoms with E-state index >= 15 is 0 Å². The Bertz CT molecular complexity index is 982. The van der Waals surface area contributed by atoms with Crippen molar-refractivity contribution in [2.24, 2.45) is 5.92 Å². The highest BCUT2D eigenvalue weighted by atomic mass is 35.5. The zero-order chi connectivity index (χ0) is 20.5. The molecule has 1 aromatic heterocycles. The Labute approximate surface area is 174 Å². The second kappa shape index (κ2) is 8.20. The van der Waals surface area contributed by atoms with Gasteiger partial charge in [-0.05, 0) is 48.4 Å². The van der Waals surface area contributed by atoms with Crippen LogP contribution in [-0.2, 0) is 16.0 Å². The summed E-state index contributed by atoms with van der Waals surface area (Å²) in [6.45, 7) is 2.88. The predicted molar refractivity (Wildman–Crippen MR) is 110 cm³/mol. The number of aliphatic carboxylic acids is 1. The van der Waals surface area contributed by atoms with Crippen molar-refractivity contribution in [3.8, 4) is 16.9 Å². The fourth-order valence-corrected chi connectivity index (χ4v) is 3.88. The zero-order valence-corrected chi connectivity index (χ0v) is 17.0. The summed E-state index contributed by atoms with van der Waals surface area (Å²) in [5, 5.41) is 10.3. The number of aromatic nitrogens is 1. The monoisotopic (exact) mass is 417 g/mol. The summed E-state index contributed by atoms with van der Waals surface area (Å²) >= 11 is 6.21. The third-order valence-electron chi connectivity index (χ3n) is 5.39. The molecule has 2 aliphatic rings. The van der Waals surface area contributed by atoms with Crippen molar-refractivity contribution >= 4 is 17.6 Å². The molecule has 2 aromatic rings. The lowest BCUT2D eigenvalue weighted by atomic mass is 9.92. The second-order valence-corrected chi connectivity index (χ2v) is 8.37. The van der Waals surface area contributed by atoms with Crippen molar-refractivity contribution < 1.29 is 19.4 Å². The van der Waals surface area contributed by atoms with Gasteiger partial charge < -0.3 is 14.6 Å². The standard InChI is InChI=1S/C22H24ClNO5/c1-13-8-14-2-3-15(23)9-17(14)18-10-21(25)24(11-20(18)29-12-13)19(22(26)27)6-7-28-16-4-5-16/h2-3,9-11,13,16,19H,4-8,12H2,1H3,(H,26,27)/t13-,19?/m1/s1. The van der Waals surface area contributed by atoms with Crippen LogP contribution < -0.4 is 10.3 Å². The molecular formula is C22H24ClNO5. The first-order valence-electron chi connectivity index (χ1n) is 9.94. The van der Waals surface area contributed by atoms with Gasteiger partial charge in [-0.3, -0.25) is 9.36 Å². The van der Waals surface area contributed by atoms with E-state index < -0.39 is 12.0 Å². The number of hydrogen-bond donors (Lipinski definition) is 1. The van der Waals surface area contributed by atoms with Gasteiger partial charge in [-0.15, -0.1) is 0 Å². The zero-order valence-electron chi connectivity index (χ0n) is 16.3. The highest BCUT2D eigenvalue weighted by molar-refractivity contribution is 6.30. The van der Waals surface area contributed by atoms with Gasteiger partial charge >= 0.3 is 5.97 Å². The topological polar surface area (TPSA) is 77.8 Å². The molecule has 29 heavy (non-hydrogen) atoms. The van der Waals surface area contributed by atoms with Gasteiger partial charge in [-0.25, -0.2) is 4.79 Å². The number of halogens is 1. The Morgan fingerprint density at radius 2 is 2.14 bits per heavy atom. The van der Waals surface area contributed by atoms with Crippen LogP contribution in [0.15, 0.2) is 35.3 Å². The minimum absolute atomic E-state index is 0.226. The van der Waals surface area contributed by atoms with Crippen molar-refractivity contribution in [1.82, 2.24) is 4.57 Å². The van der Waals surface area contributed by atoms with E-state index in [9.17, 15) is 14.7 Å². The molecule has 1 N–H and O–H groups in total. The molecular weight excluding hydrogens is 394 g/mol. The highest BCUT2D eigenvalue weighted by Crippen LogP contribution is 2.37. The van der Waals surface area contributed by atoms with Gasteiger partial charge in [0.25, 0.3) is 5.56 Å². The third kappa shape index (κ3) is 4.49. The summed E-state index contributed by atoms with van der Waals surface area (Å²) in [7, 11) is 0. The molecule has 154 valence electrons. The Balaban J connectivity index is 1.73. The molecule has 0 amide bonds. The summed E-state index contributed by atoms with van der Waals surface area (Å²) in [4.78, 5) is 24.7. The molecule has 1 unspecified atom stereocenters. The van der Waals surface area contributed by atoms with Crippen LogP contribution in [0.4, 0.5) is 0 Å². The Morgan fingerprint density at radius 3 is 2.86 bits per heavy atom. The van der Waals surface area contributed by atoms with E-state index in [1.807, 2.05) is 18.2 Å². The summed E-state index contributed by atoms with van der Waals surface area (Å²) in [5.41, 5.74) is 2.21. The van der Waals surface area contributed by atoms with Crippen molar-refractivity contribution in [2.75, 3.05) is 13.2 Å². The summed E-state index contributed by atoms with van der Waals surface area (Å²) < 4.78 is 12.8. The van der Waals surface area contributed by atoms with Crippen LogP contribution in [0, 0.1) is 5.92 Å². The van der Waals surface area contributed by atoms with Gasteiger partial charge in [0.05, 0.1) is 18.9 Å². The van der Waals surface area contributed by atoms with E-state index in [2.05, 4.69) is 6.92 Å². The largest absolute Gasteiger partial charge is 0.491 e. The van der Waals surface area contributed by atoms with E-state index in [0.717, 1.165) is 30.4 Å². The van der Waals surface area contributed by atoms with E-state index in [4.69, 9.17) is 21.1 Å². The lowest BCUT2D eigenvalue weighted by molar-refractivity contribution is -0.141. The van der Waals surface area contributed by atoms with E-state index in [1.165, 1.54) is 16.8 Å². The fraction of sp³-hybridized carbons (Fsp3) is 0.455. The van der Waals surface area contributed by atoms with E-state index in [-0.39, 0.29) is 24.0 Å². The minimum Gasteiger partial charge on any atom is -0.491 e. The van der Waals surface area contributed by atoms with Gasteiger partial charge in [-0.2, -0.15) is 0 Å². The summed E-state index contributed by atoms with van der Waals surface area (Å²) in [6.07, 6.45) is 4.84. The Hall–Kier alpha value is -2.31. The molecule has 6 nitrogen and oxygen atoms in total. The van der Waals surface area contributed by atoms with Crippen molar-refractivity contribution in [3.63, 3.8) is 0 Å². The van der Waals surface area contributed by atoms with Gasteiger partial charge in [0.2, 0.25) is 0 Å². The van der Waals surface area contributed by atoms with Crippen LogP contribution in [0.3, 0.4) is 0 Å².